The molecule has 0 spiro atoms. The molecule has 1 unspecified atom stereocenters. The van der Waals surface area contributed by atoms with Crippen molar-refractivity contribution in [1.29, 1.82) is 0 Å². The second-order valence-electron chi connectivity index (χ2n) is 5.49. The number of hydrazone groups is 1. The molecular weight excluding hydrogens is 385 g/mol. The van der Waals surface area contributed by atoms with Gasteiger partial charge in [0.05, 0.1) is 5.69 Å². The Labute approximate surface area is 156 Å². The highest BCUT2D eigenvalue weighted by Gasteiger charge is 2.35. The standard InChI is InChI=1S/C15H11Cl2N5O4/c1-20-14(25)12(23)10(6-18-20)11-13(24)22(15(26)21(2)19-11)9-4-7(16)3-8(17)5-9/h3-6,10H,1-2H3. The van der Waals surface area contributed by atoms with Crippen molar-refractivity contribution >= 4 is 41.1 Å². The average Bonchev–Trinajstić information content (AvgIpc) is 2.56. The zero-order chi connectivity index (χ0) is 19.2. The fraction of sp³-hybridized carbons (Fsp3) is 0.200. The molecule has 1 aromatic heterocycles. The van der Waals surface area contributed by atoms with Crippen molar-refractivity contribution in [3.8, 4) is 5.69 Å². The number of halogens is 2. The molecule has 0 aliphatic carbocycles. The van der Waals surface area contributed by atoms with Crippen molar-refractivity contribution < 1.29 is 9.59 Å². The maximum Gasteiger partial charge on any atom is 0.351 e. The van der Waals surface area contributed by atoms with Gasteiger partial charge in [0.15, 0.2) is 0 Å². The number of amides is 1. The van der Waals surface area contributed by atoms with E-state index < -0.39 is 28.9 Å². The van der Waals surface area contributed by atoms with E-state index in [2.05, 4.69) is 10.2 Å². The number of ketones is 1. The van der Waals surface area contributed by atoms with E-state index in [1.165, 1.54) is 32.3 Å². The number of aromatic nitrogens is 3. The maximum atomic E-state index is 12.9. The fourth-order valence-electron chi connectivity index (χ4n) is 2.46. The van der Waals surface area contributed by atoms with Gasteiger partial charge in [0.1, 0.15) is 11.6 Å². The van der Waals surface area contributed by atoms with Gasteiger partial charge < -0.3 is 0 Å². The summed E-state index contributed by atoms with van der Waals surface area (Å²) in [5.74, 6) is -3.05. The minimum Gasteiger partial charge on any atom is -0.287 e. The second-order valence-corrected chi connectivity index (χ2v) is 6.37. The van der Waals surface area contributed by atoms with Crippen LogP contribution in [0.3, 0.4) is 0 Å². The van der Waals surface area contributed by atoms with E-state index in [-0.39, 0.29) is 21.4 Å². The quantitative estimate of drug-likeness (QED) is 0.681. The molecule has 1 amide bonds. The number of likely N-dealkylation sites (N-methyl/N-ethyl adjacent to an activating group) is 1. The van der Waals surface area contributed by atoms with E-state index in [1.807, 2.05) is 0 Å². The molecule has 0 bridgehead atoms. The summed E-state index contributed by atoms with van der Waals surface area (Å²) in [7, 11) is 2.62. The summed E-state index contributed by atoms with van der Waals surface area (Å²) < 4.78 is 1.67. The monoisotopic (exact) mass is 395 g/mol. The SMILES string of the molecule is CN1N=CC(c2nn(C)c(=O)n(-c3cc(Cl)cc(Cl)c3)c2=O)C(=O)C1=O. The molecule has 1 aromatic carbocycles. The van der Waals surface area contributed by atoms with Crippen LogP contribution in [-0.4, -0.2) is 44.3 Å². The Balaban J connectivity index is 2.28. The number of nitrogens with zero attached hydrogens (tertiary/aromatic N) is 5. The van der Waals surface area contributed by atoms with Crippen LogP contribution < -0.4 is 11.2 Å². The summed E-state index contributed by atoms with van der Waals surface area (Å²) in [6.45, 7) is 0. The van der Waals surface area contributed by atoms with Crippen molar-refractivity contribution in [3.05, 3.63) is 54.8 Å². The molecule has 3 rings (SSSR count). The van der Waals surface area contributed by atoms with Gasteiger partial charge >= 0.3 is 11.6 Å². The summed E-state index contributed by atoms with van der Waals surface area (Å²) in [6.07, 6.45) is 1.13. The van der Waals surface area contributed by atoms with Gasteiger partial charge in [-0.3, -0.25) is 14.4 Å². The molecule has 0 N–H and O–H groups in total. The lowest BCUT2D eigenvalue weighted by Crippen LogP contribution is -2.46. The number of hydrogen-bond donors (Lipinski definition) is 0. The van der Waals surface area contributed by atoms with Crippen molar-refractivity contribution in [1.82, 2.24) is 19.4 Å². The molecule has 2 heterocycles. The molecule has 9 nitrogen and oxygen atoms in total. The Morgan fingerprint density at radius 1 is 1.00 bits per heavy atom. The van der Waals surface area contributed by atoms with Crippen molar-refractivity contribution in [3.63, 3.8) is 0 Å². The number of rotatable bonds is 2. The van der Waals surface area contributed by atoms with E-state index in [0.29, 0.717) is 0 Å². The normalized spacial score (nSPS) is 17.1. The highest BCUT2D eigenvalue weighted by atomic mass is 35.5. The predicted octanol–water partition coefficient (Wildman–Crippen LogP) is 0.348. The van der Waals surface area contributed by atoms with E-state index >= 15 is 0 Å². The summed E-state index contributed by atoms with van der Waals surface area (Å²) in [6, 6.07) is 4.18. The Kier molecular flexibility index (Phi) is 4.51. The lowest BCUT2D eigenvalue weighted by molar-refractivity contribution is -0.144. The van der Waals surface area contributed by atoms with Gasteiger partial charge in [0.2, 0.25) is 5.78 Å². The highest BCUT2D eigenvalue weighted by Crippen LogP contribution is 2.21. The molecule has 1 aliphatic heterocycles. The van der Waals surface area contributed by atoms with Gasteiger partial charge in [0, 0.05) is 30.4 Å². The minimum atomic E-state index is -1.29. The minimum absolute atomic E-state index is 0.111. The first kappa shape index (κ1) is 18.0. The number of carbonyl (C=O) groups excluding carboxylic acids is 2. The largest absolute Gasteiger partial charge is 0.351 e. The first-order valence-corrected chi connectivity index (χ1v) is 7.99. The Morgan fingerprint density at radius 2 is 1.62 bits per heavy atom. The smallest absolute Gasteiger partial charge is 0.287 e. The summed E-state index contributed by atoms with van der Waals surface area (Å²) in [4.78, 5) is 49.4. The molecule has 134 valence electrons. The predicted molar refractivity (Wildman–Crippen MR) is 94.1 cm³/mol. The number of aryl methyl sites for hydroxylation is 1. The van der Waals surface area contributed by atoms with Gasteiger partial charge in [-0.25, -0.2) is 19.1 Å². The highest BCUT2D eigenvalue weighted by molar-refractivity contribution is 6.42. The zero-order valence-electron chi connectivity index (χ0n) is 13.5. The topological polar surface area (TPSA) is 107 Å². The molecule has 2 aromatic rings. The fourth-order valence-corrected chi connectivity index (χ4v) is 2.97. The van der Waals surface area contributed by atoms with Crippen LogP contribution in [0.5, 0.6) is 0 Å². The van der Waals surface area contributed by atoms with E-state index in [4.69, 9.17) is 23.2 Å². The van der Waals surface area contributed by atoms with Crippen LogP contribution in [0.25, 0.3) is 5.69 Å². The van der Waals surface area contributed by atoms with Gasteiger partial charge in [-0.2, -0.15) is 10.2 Å². The van der Waals surface area contributed by atoms with Crippen LogP contribution in [0.1, 0.15) is 11.6 Å². The molecule has 1 atom stereocenters. The Morgan fingerprint density at radius 3 is 2.23 bits per heavy atom. The number of benzene rings is 1. The summed E-state index contributed by atoms with van der Waals surface area (Å²) >= 11 is 11.9. The van der Waals surface area contributed by atoms with Crippen LogP contribution >= 0.6 is 23.2 Å². The third-order valence-electron chi connectivity index (χ3n) is 3.72. The lowest BCUT2D eigenvalue weighted by Gasteiger charge is -2.20. The average molecular weight is 396 g/mol. The van der Waals surface area contributed by atoms with E-state index in [0.717, 1.165) is 20.5 Å². The van der Waals surface area contributed by atoms with Gasteiger partial charge in [-0.15, -0.1) is 0 Å². The van der Waals surface area contributed by atoms with Crippen molar-refractivity contribution in [2.24, 2.45) is 12.1 Å². The summed E-state index contributed by atoms with van der Waals surface area (Å²) in [5.41, 5.74) is -1.83. The van der Waals surface area contributed by atoms with Crippen LogP contribution in [0, 0.1) is 0 Å². The first-order valence-electron chi connectivity index (χ1n) is 7.23. The molecule has 0 radical (unpaired) electrons. The lowest BCUT2D eigenvalue weighted by atomic mass is 10.00. The third kappa shape index (κ3) is 2.95. The molecule has 11 heteroatoms. The van der Waals surface area contributed by atoms with Crippen LogP contribution in [0.4, 0.5) is 0 Å². The molecule has 0 saturated carbocycles. The van der Waals surface area contributed by atoms with Crippen molar-refractivity contribution in [2.45, 2.75) is 5.92 Å². The molecule has 1 aliphatic rings. The Bertz CT molecular complexity index is 1070. The van der Waals surface area contributed by atoms with Crippen LogP contribution in [-0.2, 0) is 16.6 Å². The van der Waals surface area contributed by atoms with Crippen LogP contribution in [0.2, 0.25) is 10.0 Å². The maximum absolute atomic E-state index is 12.9. The van der Waals surface area contributed by atoms with E-state index in [1.54, 1.807) is 0 Å². The van der Waals surface area contributed by atoms with Gasteiger partial charge in [-0.1, -0.05) is 23.2 Å². The Hall–Kier alpha value is -2.78. The molecule has 26 heavy (non-hydrogen) atoms. The molecule has 0 saturated heterocycles. The van der Waals surface area contributed by atoms with Gasteiger partial charge in [-0.05, 0) is 18.2 Å². The third-order valence-corrected chi connectivity index (χ3v) is 4.16. The number of Topliss-reactive ketones (excluding diaryl/α,β-unsaturated/α-hetero) is 1. The number of hydrogen-bond acceptors (Lipinski definition) is 6. The van der Waals surface area contributed by atoms with E-state index in [9.17, 15) is 19.2 Å². The zero-order valence-corrected chi connectivity index (χ0v) is 15.0. The number of carbonyl (C=O) groups is 2. The van der Waals surface area contributed by atoms with Crippen molar-refractivity contribution in [2.75, 3.05) is 7.05 Å². The second kappa shape index (κ2) is 6.50. The van der Waals surface area contributed by atoms with Gasteiger partial charge in [0.25, 0.3) is 5.56 Å². The summed E-state index contributed by atoms with van der Waals surface area (Å²) in [5, 5.41) is 8.91. The molecule has 0 fully saturated rings. The first-order chi connectivity index (χ1) is 12.2. The van der Waals surface area contributed by atoms with Crippen LogP contribution in [0.15, 0.2) is 32.9 Å². The molecular formula is C15H11Cl2N5O4.